The number of likely N-dealkylation sites (N-methyl/N-ethyl adjacent to an activating group) is 2. The lowest BCUT2D eigenvalue weighted by atomic mass is 9.88. The Kier molecular flexibility index (Phi) is 5.62. The van der Waals surface area contributed by atoms with Crippen LogP contribution in [-0.4, -0.2) is 36.1 Å². The van der Waals surface area contributed by atoms with Gasteiger partial charge in [-0.05, 0) is 39.8 Å². The second-order valence-corrected chi connectivity index (χ2v) is 4.94. The predicted octanol–water partition coefficient (Wildman–Crippen LogP) is 2.64. The minimum absolute atomic E-state index is 0.680. The molecule has 15 heavy (non-hydrogen) atoms. The summed E-state index contributed by atoms with van der Waals surface area (Å²) in [7, 11) is 0. The summed E-state index contributed by atoms with van der Waals surface area (Å²) in [6.07, 6.45) is 5.56. The molecule has 1 aliphatic rings. The molecule has 0 heterocycles. The van der Waals surface area contributed by atoms with Crippen LogP contribution in [0.2, 0.25) is 0 Å². The van der Waals surface area contributed by atoms with Crippen LogP contribution in [0.4, 0.5) is 0 Å². The fourth-order valence-corrected chi connectivity index (χ4v) is 2.99. The van der Waals surface area contributed by atoms with Crippen LogP contribution < -0.4 is 5.32 Å². The first kappa shape index (κ1) is 13.0. The summed E-state index contributed by atoms with van der Waals surface area (Å²) in [5, 5.41) is 3.66. The number of rotatable bonds is 5. The topological polar surface area (TPSA) is 15.3 Å². The molecule has 2 heteroatoms. The van der Waals surface area contributed by atoms with Gasteiger partial charge in [0.25, 0.3) is 0 Å². The zero-order valence-electron chi connectivity index (χ0n) is 10.9. The third kappa shape index (κ3) is 3.46. The van der Waals surface area contributed by atoms with E-state index in [1.807, 2.05) is 0 Å². The van der Waals surface area contributed by atoms with Crippen LogP contribution in [0, 0.1) is 0 Å². The summed E-state index contributed by atoms with van der Waals surface area (Å²) in [6, 6.07) is 2.18. The van der Waals surface area contributed by atoms with E-state index >= 15 is 0 Å². The van der Waals surface area contributed by atoms with Gasteiger partial charge in [0.05, 0.1) is 0 Å². The van der Waals surface area contributed by atoms with Crippen LogP contribution in [0.1, 0.15) is 53.4 Å². The van der Waals surface area contributed by atoms with E-state index in [9.17, 15) is 0 Å². The van der Waals surface area contributed by atoms with Gasteiger partial charge in [0.2, 0.25) is 0 Å². The van der Waals surface area contributed by atoms with Crippen molar-refractivity contribution in [3.63, 3.8) is 0 Å². The fourth-order valence-electron chi connectivity index (χ4n) is 2.99. The summed E-state index contributed by atoms with van der Waals surface area (Å²) in [5.41, 5.74) is 0. The van der Waals surface area contributed by atoms with Gasteiger partial charge in [-0.3, -0.25) is 4.90 Å². The molecule has 90 valence electrons. The molecule has 0 radical (unpaired) electrons. The van der Waals surface area contributed by atoms with E-state index in [0.717, 1.165) is 18.6 Å². The second-order valence-electron chi connectivity index (χ2n) is 4.94. The van der Waals surface area contributed by atoms with Crippen molar-refractivity contribution in [2.45, 2.75) is 71.5 Å². The van der Waals surface area contributed by atoms with E-state index < -0.39 is 0 Å². The molecule has 0 saturated heterocycles. The van der Waals surface area contributed by atoms with Crippen LogP contribution in [0.3, 0.4) is 0 Å². The molecule has 2 nitrogen and oxygen atoms in total. The smallest absolute Gasteiger partial charge is 0.0251 e. The maximum absolute atomic E-state index is 3.66. The molecular weight excluding hydrogens is 184 g/mol. The Morgan fingerprint density at radius 3 is 2.40 bits per heavy atom. The monoisotopic (exact) mass is 212 g/mol. The van der Waals surface area contributed by atoms with E-state index in [1.165, 1.54) is 32.2 Å². The van der Waals surface area contributed by atoms with E-state index in [2.05, 4.69) is 37.9 Å². The molecule has 0 aliphatic heterocycles. The van der Waals surface area contributed by atoms with E-state index in [0.29, 0.717) is 6.04 Å². The predicted molar refractivity (Wildman–Crippen MR) is 67.2 cm³/mol. The average Bonchev–Trinajstić information content (AvgIpc) is 2.21. The van der Waals surface area contributed by atoms with Crippen molar-refractivity contribution in [3.8, 4) is 0 Å². The first-order valence-electron chi connectivity index (χ1n) is 6.69. The molecule has 0 aromatic carbocycles. The van der Waals surface area contributed by atoms with Crippen molar-refractivity contribution >= 4 is 0 Å². The molecule has 1 N–H and O–H groups in total. The van der Waals surface area contributed by atoms with Crippen molar-refractivity contribution in [2.75, 3.05) is 13.1 Å². The Bertz CT molecular complexity index is 166. The lowest BCUT2D eigenvalue weighted by molar-refractivity contribution is 0.0983. The first-order valence-corrected chi connectivity index (χ1v) is 6.69. The van der Waals surface area contributed by atoms with Gasteiger partial charge in [0.15, 0.2) is 0 Å². The van der Waals surface area contributed by atoms with Crippen LogP contribution in [-0.2, 0) is 0 Å². The lowest BCUT2D eigenvalue weighted by Gasteiger charge is -2.42. The molecule has 1 aliphatic carbocycles. The quantitative estimate of drug-likeness (QED) is 0.753. The molecule has 0 spiro atoms. The molecule has 0 aromatic heterocycles. The van der Waals surface area contributed by atoms with Gasteiger partial charge in [0.1, 0.15) is 0 Å². The van der Waals surface area contributed by atoms with E-state index in [-0.39, 0.29) is 0 Å². The van der Waals surface area contributed by atoms with E-state index in [4.69, 9.17) is 0 Å². The summed E-state index contributed by atoms with van der Waals surface area (Å²) in [5.74, 6) is 0. The van der Waals surface area contributed by atoms with Crippen molar-refractivity contribution in [1.82, 2.24) is 10.2 Å². The Labute approximate surface area is 95.4 Å². The molecule has 2 atom stereocenters. The standard InChI is InChI=1S/C13H28N2/c1-5-14-12-9-7-8-10-13(12)15(6-2)11(3)4/h11-14H,5-10H2,1-4H3. The van der Waals surface area contributed by atoms with Gasteiger partial charge in [-0.2, -0.15) is 0 Å². The molecule has 0 aromatic rings. The zero-order valence-corrected chi connectivity index (χ0v) is 10.9. The highest BCUT2D eigenvalue weighted by Gasteiger charge is 2.29. The van der Waals surface area contributed by atoms with Crippen molar-refractivity contribution in [3.05, 3.63) is 0 Å². The van der Waals surface area contributed by atoms with Crippen molar-refractivity contribution in [2.24, 2.45) is 0 Å². The van der Waals surface area contributed by atoms with Crippen LogP contribution >= 0.6 is 0 Å². The molecule has 0 bridgehead atoms. The minimum Gasteiger partial charge on any atom is -0.313 e. The average molecular weight is 212 g/mol. The molecule has 1 rings (SSSR count). The summed E-state index contributed by atoms with van der Waals surface area (Å²) in [6.45, 7) is 11.4. The summed E-state index contributed by atoms with van der Waals surface area (Å²) >= 11 is 0. The van der Waals surface area contributed by atoms with Gasteiger partial charge in [-0.1, -0.05) is 26.7 Å². The molecular formula is C13H28N2. The highest BCUT2D eigenvalue weighted by atomic mass is 15.2. The largest absolute Gasteiger partial charge is 0.313 e. The van der Waals surface area contributed by atoms with Gasteiger partial charge in [-0.15, -0.1) is 0 Å². The lowest BCUT2D eigenvalue weighted by Crippen LogP contribution is -2.53. The van der Waals surface area contributed by atoms with Gasteiger partial charge in [-0.25, -0.2) is 0 Å². The first-order chi connectivity index (χ1) is 7.20. The highest BCUT2D eigenvalue weighted by Crippen LogP contribution is 2.24. The second kappa shape index (κ2) is 6.49. The highest BCUT2D eigenvalue weighted by molar-refractivity contribution is 4.88. The Hall–Kier alpha value is -0.0800. The molecule has 1 fully saturated rings. The minimum atomic E-state index is 0.680. The molecule has 1 saturated carbocycles. The Morgan fingerprint density at radius 2 is 1.87 bits per heavy atom. The summed E-state index contributed by atoms with van der Waals surface area (Å²) in [4.78, 5) is 2.66. The SMILES string of the molecule is CCNC1CCCCC1N(CC)C(C)C. The number of nitrogens with one attached hydrogen (secondary N) is 1. The maximum Gasteiger partial charge on any atom is 0.0251 e. The molecule has 2 unspecified atom stereocenters. The number of hydrogen-bond donors (Lipinski definition) is 1. The Balaban J connectivity index is 2.60. The number of hydrogen-bond acceptors (Lipinski definition) is 2. The number of nitrogens with zero attached hydrogens (tertiary/aromatic N) is 1. The van der Waals surface area contributed by atoms with Crippen LogP contribution in [0.5, 0.6) is 0 Å². The van der Waals surface area contributed by atoms with Gasteiger partial charge < -0.3 is 5.32 Å². The maximum atomic E-state index is 3.66. The Morgan fingerprint density at radius 1 is 1.20 bits per heavy atom. The zero-order chi connectivity index (χ0) is 11.3. The van der Waals surface area contributed by atoms with E-state index in [1.54, 1.807) is 0 Å². The molecule has 0 amide bonds. The normalized spacial score (nSPS) is 27.6. The third-order valence-electron chi connectivity index (χ3n) is 3.65. The third-order valence-corrected chi connectivity index (χ3v) is 3.65. The van der Waals surface area contributed by atoms with Crippen molar-refractivity contribution < 1.29 is 0 Å². The van der Waals surface area contributed by atoms with Gasteiger partial charge in [0, 0.05) is 18.1 Å². The van der Waals surface area contributed by atoms with Gasteiger partial charge >= 0.3 is 0 Å². The van der Waals surface area contributed by atoms with Crippen LogP contribution in [0.15, 0.2) is 0 Å². The summed E-state index contributed by atoms with van der Waals surface area (Å²) < 4.78 is 0. The fraction of sp³-hybridized carbons (Fsp3) is 1.00. The van der Waals surface area contributed by atoms with Crippen LogP contribution in [0.25, 0.3) is 0 Å². The van der Waals surface area contributed by atoms with Crippen molar-refractivity contribution in [1.29, 1.82) is 0 Å².